The second kappa shape index (κ2) is 4.72. The van der Waals surface area contributed by atoms with E-state index in [0.717, 1.165) is 28.7 Å². The van der Waals surface area contributed by atoms with Crippen molar-refractivity contribution in [2.75, 3.05) is 0 Å². The molecule has 8 heteroatoms. The van der Waals surface area contributed by atoms with Gasteiger partial charge in [0, 0.05) is 16.4 Å². The molecule has 3 heterocycles. The number of esters is 1. The molecule has 2 N–H and O–H groups in total. The average Bonchev–Trinajstić information content (AvgIpc) is 2.86. The van der Waals surface area contributed by atoms with Crippen molar-refractivity contribution in [1.29, 1.82) is 0 Å². The van der Waals surface area contributed by atoms with Crippen LogP contribution in [0.15, 0.2) is 34.1 Å². The number of fused-ring (bicyclic) bond motifs is 5. The summed E-state index contributed by atoms with van der Waals surface area (Å²) in [5, 5.41) is 10.2. The van der Waals surface area contributed by atoms with E-state index in [0.29, 0.717) is 15.7 Å². The van der Waals surface area contributed by atoms with Crippen LogP contribution in [0.2, 0.25) is 0 Å². The van der Waals surface area contributed by atoms with E-state index < -0.39 is 28.5 Å². The van der Waals surface area contributed by atoms with Crippen molar-refractivity contribution >= 4 is 35.0 Å². The monoisotopic (exact) mass is 349 g/mol. The standard InChI is InChI=1S/C15H11NO5S2/c1-15(13(18)19)9-8(10-11(23-15)16-14(20)22-10)6-4-2-3-5-7(6)21-12(9)17/h2-5,8-9H,1H3,(H,16,20)(H,18,19)/t8-,9-,15+/m0/s1. The minimum absolute atomic E-state index is 0.257. The number of carbonyl (C=O) groups is 2. The highest BCUT2D eigenvalue weighted by atomic mass is 32.2. The van der Waals surface area contributed by atoms with Crippen LogP contribution in [-0.4, -0.2) is 26.8 Å². The lowest BCUT2D eigenvalue weighted by atomic mass is 9.75. The Morgan fingerprint density at radius 1 is 1.35 bits per heavy atom. The fraction of sp³-hybridized carbons (Fsp3) is 0.267. The number of aliphatic carboxylic acids is 1. The number of aromatic amines is 1. The van der Waals surface area contributed by atoms with E-state index in [1.54, 1.807) is 12.1 Å². The number of nitrogens with one attached hydrogen (secondary N) is 1. The molecule has 23 heavy (non-hydrogen) atoms. The number of aromatic nitrogens is 1. The highest BCUT2D eigenvalue weighted by Gasteiger charge is 2.58. The van der Waals surface area contributed by atoms with E-state index >= 15 is 0 Å². The van der Waals surface area contributed by atoms with E-state index in [4.69, 9.17) is 4.74 Å². The van der Waals surface area contributed by atoms with Crippen LogP contribution >= 0.6 is 23.1 Å². The van der Waals surface area contributed by atoms with Gasteiger partial charge in [-0.05, 0) is 13.0 Å². The van der Waals surface area contributed by atoms with Crippen LogP contribution in [0, 0.1) is 5.92 Å². The number of hydrogen-bond donors (Lipinski definition) is 2. The molecular formula is C15H11NO5S2. The number of thioether (sulfide) groups is 1. The summed E-state index contributed by atoms with van der Waals surface area (Å²) in [6.45, 7) is 1.51. The summed E-state index contributed by atoms with van der Waals surface area (Å²) in [4.78, 5) is 39.4. The van der Waals surface area contributed by atoms with Crippen molar-refractivity contribution in [1.82, 2.24) is 4.98 Å². The van der Waals surface area contributed by atoms with Crippen molar-refractivity contribution in [2.45, 2.75) is 22.6 Å². The number of thiazole rings is 1. The van der Waals surface area contributed by atoms with Crippen molar-refractivity contribution in [3.8, 4) is 5.75 Å². The molecule has 0 aliphatic carbocycles. The van der Waals surface area contributed by atoms with Gasteiger partial charge in [-0.15, -0.1) is 0 Å². The predicted molar refractivity (Wildman–Crippen MR) is 84.2 cm³/mol. The van der Waals surface area contributed by atoms with Gasteiger partial charge in [-0.1, -0.05) is 41.3 Å². The van der Waals surface area contributed by atoms with Crippen LogP contribution in [-0.2, 0) is 9.59 Å². The Balaban J connectivity index is 2.03. The van der Waals surface area contributed by atoms with Gasteiger partial charge in [0.15, 0.2) is 0 Å². The molecule has 0 saturated heterocycles. The van der Waals surface area contributed by atoms with Crippen LogP contribution in [0.1, 0.15) is 23.3 Å². The van der Waals surface area contributed by atoms with Crippen molar-refractivity contribution < 1.29 is 19.4 Å². The molecule has 118 valence electrons. The third kappa shape index (κ3) is 1.91. The van der Waals surface area contributed by atoms with Gasteiger partial charge in [0.2, 0.25) is 0 Å². The maximum Gasteiger partial charge on any atom is 0.320 e. The molecule has 0 radical (unpaired) electrons. The molecule has 0 bridgehead atoms. The van der Waals surface area contributed by atoms with Crippen LogP contribution in [0.4, 0.5) is 0 Å². The zero-order chi connectivity index (χ0) is 16.4. The van der Waals surface area contributed by atoms with Crippen LogP contribution in [0.5, 0.6) is 5.75 Å². The second-order valence-electron chi connectivity index (χ2n) is 5.64. The number of carboxylic acids is 1. The van der Waals surface area contributed by atoms with Gasteiger partial charge < -0.3 is 14.8 Å². The lowest BCUT2D eigenvalue weighted by molar-refractivity contribution is -0.151. The largest absolute Gasteiger partial charge is 0.480 e. The van der Waals surface area contributed by atoms with E-state index in [1.165, 1.54) is 6.92 Å². The quantitative estimate of drug-likeness (QED) is 0.604. The number of carboxylic acid groups (broad SMARTS) is 1. The normalized spacial score (nSPS) is 28.3. The molecule has 3 atom stereocenters. The summed E-state index contributed by atoms with van der Waals surface area (Å²) in [7, 11) is 0. The maximum absolute atomic E-state index is 12.5. The van der Waals surface area contributed by atoms with Gasteiger partial charge in [0.1, 0.15) is 10.5 Å². The molecular weight excluding hydrogens is 338 g/mol. The molecule has 4 rings (SSSR count). The summed E-state index contributed by atoms with van der Waals surface area (Å²) in [5.74, 6) is -2.64. The average molecular weight is 349 g/mol. The number of H-pyrrole nitrogens is 1. The van der Waals surface area contributed by atoms with Crippen LogP contribution < -0.4 is 9.61 Å². The number of benzene rings is 1. The Labute approximate surface area is 138 Å². The molecule has 6 nitrogen and oxygen atoms in total. The second-order valence-corrected chi connectivity index (χ2v) is 8.11. The minimum atomic E-state index is -1.41. The molecule has 2 aliphatic heterocycles. The molecule has 0 saturated carbocycles. The van der Waals surface area contributed by atoms with E-state index in [-0.39, 0.29) is 4.87 Å². The summed E-state index contributed by atoms with van der Waals surface area (Å²) >= 11 is 2.03. The fourth-order valence-electron chi connectivity index (χ4n) is 3.21. The number of rotatable bonds is 1. The van der Waals surface area contributed by atoms with Crippen LogP contribution in [0.3, 0.4) is 0 Å². The summed E-state index contributed by atoms with van der Waals surface area (Å²) in [6, 6.07) is 7.05. The van der Waals surface area contributed by atoms with E-state index in [9.17, 15) is 19.5 Å². The molecule has 2 aliphatic rings. The SMILES string of the molecule is C[C@@]1(C(=O)O)Sc2[nH]c(=O)sc2[C@H]2c3ccccc3OC(=O)[C@H]21. The fourth-order valence-corrected chi connectivity index (χ4v) is 5.66. The number of ether oxygens (including phenoxy) is 1. The molecule has 0 amide bonds. The molecule has 0 fully saturated rings. The summed E-state index contributed by atoms with van der Waals surface area (Å²) in [6.07, 6.45) is 0. The van der Waals surface area contributed by atoms with Crippen molar-refractivity contribution in [3.05, 3.63) is 44.4 Å². The molecule has 0 spiro atoms. The van der Waals surface area contributed by atoms with Gasteiger partial charge in [-0.25, -0.2) is 0 Å². The minimum Gasteiger partial charge on any atom is -0.480 e. The Morgan fingerprint density at radius 3 is 2.83 bits per heavy atom. The highest BCUT2D eigenvalue weighted by molar-refractivity contribution is 8.01. The first-order valence-corrected chi connectivity index (χ1v) is 8.51. The maximum atomic E-state index is 12.5. The number of para-hydroxylation sites is 1. The first-order valence-electron chi connectivity index (χ1n) is 6.88. The first kappa shape index (κ1) is 14.5. The zero-order valence-corrected chi connectivity index (χ0v) is 13.5. The lowest BCUT2D eigenvalue weighted by Crippen LogP contribution is -2.52. The van der Waals surface area contributed by atoms with Crippen molar-refractivity contribution in [2.24, 2.45) is 5.92 Å². The van der Waals surface area contributed by atoms with Gasteiger partial charge in [-0.2, -0.15) is 0 Å². The van der Waals surface area contributed by atoms with Gasteiger partial charge >= 0.3 is 16.8 Å². The third-order valence-corrected chi connectivity index (χ3v) is 6.78. The van der Waals surface area contributed by atoms with Gasteiger partial charge in [0.05, 0.1) is 10.9 Å². The Kier molecular flexibility index (Phi) is 2.98. The lowest BCUT2D eigenvalue weighted by Gasteiger charge is -2.42. The summed E-state index contributed by atoms with van der Waals surface area (Å²) < 4.78 is 3.96. The topological polar surface area (TPSA) is 96.5 Å². The number of carbonyl (C=O) groups excluding carboxylic acids is 1. The van der Waals surface area contributed by atoms with E-state index in [2.05, 4.69) is 4.98 Å². The van der Waals surface area contributed by atoms with E-state index in [1.807, 2.05) is 12.1 Å². The summed E-state index contributed by atoms with van der Waals surface area (Å²) in [5.41, 5.74) is 0.737. The molecule has 0 unspecified atom stereocenters. The van der Waals surface area contributed by atoms with Gasteiger partial charge in [-0.3, -0.25) is 14.4 Å². The third-order valence-electron chi connectivity index (χ3n) is 4.31. The van der Waals surface area contributed by atoms with Gasteiger partial charge in [0.25, 0.3) is 0 Å². The highest BCUT2D eigenvalue weighted by Crippen LogP contribution is 2.57. The molecule has 1 aromatic carbocycles. The zero-order valence-electron chi connectivity index (χ0n) is 11.9. The Morgan fingerprint density at radius 2 is 2.09 bits per heavy atom. The molecule has 2 aromatic rings. The first-order chi connectivity index (χ1) is 10.9. The number of hydrogen-bond acceptors (Lipinski definition) is 6. The van der Waals surface area contributed by atoms with Crippen molar-refractivity contribution in [3.63, 3.8) is 0 Å². The van der Waals surface area contributed by atoms with Crippen LogP contribution in [0.25, 0.3) is 0 Å². The Hall–Kier alpha value is -2.06. The molecule has 1 aromatic heterocycles. The smallest absolute Gasteiger partial charge is 0.320 e. The Bertz CT molecular complexity index is 901. The predicted octanol–water partition coefficient (Wildman–Crippen LogP) is 2.05.